The molecule has 5 nitrogen and oxygen atoms in total. The molecule has 0 fully saturated rings. The summed E-state index contributed by atoms with van der Waals surface area (Å²) in [5.41, 5.74) is 1.25. The summed E-state index contributed by atoms with van der Waals surface area (Å²) in [7, 11) is 2.02. The molecule has 1 unspecified atom stereocenters. The molecule has 0 radical (unpaired) electrons. The van der Waals surface area contributed by atoms with Crippen molar-refractivity contribution in [2.75, 3.05) is 26.7 Å². The highest BCUT2D eigenvalue weighted by atomic mass is 16.3. The Labute approximate surface area is 114 Å². The predicted octanol–water partition coefficient (Wildman–Crippen LogP) is 0.798. The Balaban J connectivity index is 2.27. The first-order valence-electron chi connectivity index (χ1n) is 6.49. The van der Waals surface area contributed by atoms with E-state index in [9.17, 15) is 4.79 Å². The number of aliphatic hydroxyl groups is 1. The molecule has 0 spiro atoms. The predicted molar refractivity (Wildman–Crippen MR) is 75.9 cm³/mol. The molecule has 0 aliphatic heterocycles. The summed E-state index contributed by atoms with van der Waals surface area (Å²) in [6, 6.07) is 10.0. The third-order valence-corrected chi connectivity index (χ3v) is 2.66. The lowest BCUT2D eigenvalue weighted by Gasteiger charge is -2.22. The van der Waals surface area contributed by atoms with Crippen LogP contribution in [0.5, 0.6) is 0 Å². The monoisotopic (exact) mass is 265 g/mol. The van der Waals surface area contributed by atoms with Crippen LogP contribution >= 0.6 is 0 Å². The fourth-order valence-electron chi connectivity index (χ4n) is 1.92. The number of hydrogen-bond acceptors (Lipinski definition) is 3. The summed E-state index contributed by atoms with van der Waals surface area (Å²) in [4.78, 5) is 13.6. The number of amides is 2. The van der Waals surface area contributed by atoms with E-state index in [1.54, 1.807) is 0 Å². The molecule has 1 aromatic carbocycles. The fourth-order valence-corrected chi connectivity index (χ4v) is 1.92. The Morgan fingerprint density at radius 2 is 2.05 bits per heavy atom. The molecule has 0 aliphatic carbocycles. The molecular formula is C14H23N3O2. The zero-order valence-corrected chi connectivity index (χ0v) is 11.6. The van der Waals surface area contributed by atoms with Crippen molar-refractivity contribution >= 4 is 6.03 Å². The SMILES string of the molecule is CC(CN(C)Cc1ccccc1)NC(=O)NCCO. The van der Waals surface area contributed by atoms with Gasteiger partial charge in [-0.2, -0.15) is 0 Å². The van der Waals surface area contributed by atoms with Gasteiger partial charge >= 0.3 is 6.03 Å². The van der Waals surface area contributed by atoms with Gasteiger partial charge in [-0.15, -0.1) is 0 Å². The van der Waals surface area contributed by atoms with Crippen LogP contribution in [-0.2, 0) is 6.54 Å². The molecule has 19 heavy (non-hydrogen) atoms. The molecule has 5 heteroatoms. The summed E-state index contributed by atoms with van der Waals surface area (Å²) in [6.45, 7) is 3.81. The Morgan fingerprint density at radius 1 is 1.37 bits per heavy atom. The van der Waals surface area contributed by atoms with E-state index in [1.807, 2.05) is 32.2 Å². The van der Waals surface area contributed by atoms with Crippen LogP contribution in [0.4, 0.5) is 4.79 Å². The van der Waals surface area contributed by atoms with Crippen LogP contribution in [0.2, 0.25) is 0 Å². The number of rotatable bonds is 7. The summed E-state index contributed by atoms with van der Waals surface area (Å²) in [6.07, 6.45) is 0. The van der Waals surface area contributed by atoms with Gasteiger partial charge in [0.05, 0.1) is 6.61 Å². The number of hydrogen-bond donors (Lipinski definition) is 3. The van der Waals surface area contributed by atoms with Gasteiger partial charge < -0.3 is 20.6 Å². The maximum absolute atomic E-state index is 11.4. The molecule has 0 heterocycles. The number of nitrogens with one attached hydrogen (secondary N) is 2. The molecule has 1 rings (SSSR count). The third kappa shape index (κ3) is 6.79. The minimum atomic E-state index is -0.241. The highest BCUT2D eigenvalue weighted by Crippen LogP contribution is 2.02. The van der Waals surface area contributed by atoms with Gasteiger partial charge in [-0.1, -0.05) is 30.3 Å². The molecule has 0 saturated heterocycles. The van der Waals surface area contributed by atoms with Crippen molar-refractivity contribution in [2.45, 2.75) is 19.5 Å². The van der Waals surface area contributed by atoms with Crippen molar-refractivity contribution in [1.29, 1.82) is 0 Å². The molecule has 3 N–H and O–H groups in total. The van der Waals surface area contributed by atoms with Gasteiger partial charge in [-0.05, 0) is 19.5 Å². The van der Waals surface area contributed by atoms with Crippen molar-refractivity contribution in [3.05, 3.63) is 35.9 Å². The van der Waals surface area contributed by atoms with Crippen LogP contribution in [-0.4, -0.2) is 48.8 Å². The number of aliphatic hydroxyl groups excluding tert-OH is 1. The first kappa shape index (κ1) is 15.5. The molecule has 2 amide bonds. The largest absolute Gasteiger partial charge is 0.395 e. The third-order valence-electron chi connectivity index (χ3n) is 2.66. The molecule has 0 aromatic heterocycles. The van der Waals surface area contributed by atoms with Crippen LogP contribution in [0.25, 0.3) is 0 Å². The van der Waals surface area contributed by atoms with Crippen LogP contribution in [0.15, 0.2) is 30.3 Å². The summed E-state index contributed by atoms with van der Waals surface area (Å²) in [5, 5.41) is 14.0. The molecule has 1 atom stereocenters. The minimum Gasteiger partial charge on any atom is -0.395 e. The van der Waals surface area contributed by atoms with E-state index in [4.69, 9.17) is 5.11 Å². The molecule has 1 aromatic rings. The normalized spacial score (nSPS) is 12.2. The second-order valence-corrected chi connectivity index (χ2v) is 4.71. The zero-order valence-electron chi connectivity index (χ0n) is 11.6. The van der Waals surface area contributed by atoms with Crippen molar-refractivity contribution in [1.82, 2.24) is 15.5 Å². The van der Waals surface area contributed by atoms with Crippen LogP contribution in [0, 0.1) is 0 Å². The Hall–Kier alpha value is -1.59. The average Bonchev–Trinajstić information content (AvgIpc) is 2.37. The van der Waals surface area contributed by atoms with Gasteiger partial charge in [0.25, 0.3) is 0 Å². The molecular weight excluding hydrogens is 242 g/mol. The molecule has 0 aliphatic rings. The quantitative estimate of drug-likeness (QED) is 0.683. The van der Waals surface area contributed by atoms with E-state index in [1.165, 1.54) is 5.56 Å². The van der Waals surface area contributed by atoms with Crippen LogP contribution < -0.4 is 10.6 Å². The number of carbonyl (C=O) groups is 1. The highest BCUT2D eigenvalue weighted by molar-refractivity contribution is 5.74. The van der Waals surface area contributed by atoms with E-state index in [-0.39, 0.29) is 25.2 Å². The number of nitrogens with zero attached hydrogens (tertiary/aromatic N) is 1. The van der Waals surface area contributed by atoms with Gasteiger partial charge in [0.1, 0.15) is 0 Å². The zero-order chi connectivity index (χ0) is 14.1. The van der Waals surface area contributed by atoms with Gasteiger partial charge in [0.15, 0.2) is 0 Å². The molecule has 106 valence electrons. The second kappa shape index (κ2) is 8.50. The fraction of sp³-hybridized carbons (Fsp3) is 0.500. The average molecular weight is 265 g/mol. The van der Waals surface area contributed by atoms with Gasteiger partial charge in [0, 0.05) is 25.7 Å². The van der Waals surface area contributed by atoms with E-state index in [2.05, 4.69) is 27.7 Å². The molecule has 0 saturated carbocycles. The number of carbonyl (C=O) groups excluding carboxylic acids is 1. The number of benzene rings is 1. The van der Waals surface area contributed by atoms with E-state index >= 15 is 0 Å². The standard InChI is InChI=1S/C14H23N3O2/c1-12(16-14(19)15-8-9-18)10-17(2)11-13-6-4-3-5-7-13/h3-7,12,18H,8-11H2,1-2H3,(H2,15,16,19). The summed E-state index contributed by atoms with van der Waals surface area (Å²) < 4.78 is 0. The first-order chi connectivity index (χ1) is 9.11. The van der Waals surface area contributed by atoms with E-state index in [0.29, 0.717) is 0 Å². The maximum atomic E-state index is 11.4. The van der Waals surface area contributed by atoms with Gasteiger partial charge in [-0.25, -0.2) is 4.79 Å². The van der Waals surface area contributed by atoms with E-state index in [0.717, 1.165) is 13.1 Å². The Bertz CT molecular complexity index is 370. The first-order valence-corrected chi connectivity index (χ1v) is 6.49. The van der Waals surface area contributed by atoms with Crippen molar-refractivity contribution in [3.8, 4) is 0 Å². The Morgan fingerprint density at radius 3 is 2.68 bits per heavy atom. The van der Waals surface area contributed by atoms with Crippen molar-refractivity contribution < 1.29 is 9.90 Å². The number of urea groups is 1. The Kier molecular flexibility index (Phi) is 6.92. The van der Waals surface area contributed by atoms with Crippen molar-refractivity contribution in [2.24, 2.45) is 0 Å². The smallest absolute Gasteiger partial charge is 0.315 e. The highest BCUT2D eigenvalue weighted by Gasteiger charge is 2.09. The number of likely N-dealkylation sites (N-methyl/N-ethyl adjacent to an activating group) is 1. The minimum absolute atomic E-state index is 0.0459. The van der Waals surface area contributed by atoms with Crippen molar-refractivity contribution in [3.63, 3.8) is 0 Å². The molecule has 0 bridgehead atoms. The van der Waals surface area contributed by atoms with Crippen LogP contribution in [0.3, 0.4) is 0 Å². The second-order valence-electron chi connectivity index (χ2n) is 4.71. The lowest BCUT2D eigenvalue weighted by Crippen LogP contribution is -2.45. The van der Waals surface area contributed by atoms with Crippen LogP contribution in [0.1, 0.15) is 12.5 Å². The van der Waals surface area contributed by atoms with Gasteiger partial charge in [0.2, 0.25) is 0 Å². The topological polar surface area (TPSA) is 64.6 Å². The van der Waals surface area contributed by atoms with E-state index < -0.39 is 0 Å². The lowest BCUT2D eigenvalue weighted by atomic mass is 10.2. The lowest BCUT2D eigenvalue weighted by molar-refractivity contribution is 0.225. The van der Waals surface area contributed by atoms with Gasteiger partial charge in [-0.3, -0.25) is 0 Å². The summed E-state index contributed by atoms with van der Waals surface area (Å²) in [5.74, 6) is 0. The summed E-state index contributed by atoms with van der Waals surface area (Å²) >= 11 is 0. The maximum Gasteiger partial charge on any atom is 0.315 e.